The van der Waals surface area contributed by atoms with E-state index in [2.05, 4.69) is 20.6 Å². The van der Waals surface area contributed by atoms with Gasteiger partial charge in [0.15, 0.2) is 11.8 Å². The SMILES string of the molecule is COc1cc(CNc2ncnc(C(CC3CCNCC3)OC=O)c2[N+](=O)[O-])cc(OC)c1. The molecule has 1 fully saturated rings. The Morgan fingerprint density at radius 2 is 1.91 bits per heavy atom. The molecular weight excluding hydrogens is 418 g/mol. The zero-order valence-electron chi connectivity index (χ0n) is 18.1. The lowest BCUT2D eigenvalue weighted by Gasteiger charge is -2.25. The standard InChI is InChI=1S/C21H27N5O6/c1-30-16-7-15(8-17(10-16)31-2)11-23-21-20(26(28)29)19(24-12-25-21)18(32-13-27)9-14-3-5-22-6-4-14/h7-8,10,12-14,18,22H,3-6,9,11H2,1-2H3,(H,23,24,25). The molecule has 0 spiro atoms. The number of benzene rings is 1. The number of hydrogen-bond donors (Lipinski definition) is 2. The lowest BCUT2D eigenvalue weighted by atomic mass is 9.90. The van der Waals surface area contributed by atoms with Crippen LogP contribution in [0.3, 0.4) is 0 Å². The van der Waals surface area contributed by atoms with Crippen LogP contribution in [-0.4, -0.2) is 48.7 Å². The predicted octanol–water partition coefficient (Wildman–Crippen LogP) is 2.62. The average Bonchev–Trinajstić information content (AvgIpc) is 2.82. The van der Waals surface area contributed by atoms with E-state index in [9.17, 15) is 14.9 Å². The van der Waals surface area contributed by atoms with Crippen molar-refractivity contribution in [2.45, 2.75) is 31.9 Å². The molecule has 32 heavy (non-hydrogen) atoms. The summed E-state index contributed by atoms with van der Waals surface area (Å²) in [4.78, 5) is 30.7. The number of methoxy groups -OCH3 is 2. The van der Waals surface area contributed by atoms with Crippen LogP contribution in [0.25, 0.3) is 0 Å². The highest BCUT2D eigenvalue weighted by Gasteiger charge is 2.32. The second-order valence-corrected chi connectivity index (χ2v) is 7.44. The third-order valence-corrected chi connectivity index (χ3v) is 5.44. The summed E-state index contributed by atoms with van der Waals surface area (Å²) < 4.78 is 15.8. The van der Waals surface area contributed by atoms with Gasteiger partial charge >= 0.3 is 5.69 Å². The van der Waals surface area contributed by atoms with E-state index >= 15 is 0 Å². The van der Waals surface area contributed by atoms with Crippen LogP contribution in [0.5, 0.6) is 11.5 Å². The van der Waals surface area contributed by atoms with Crippen molar-refractivity contribution in [2.75, 3.05) is 32.6 Å². The summed E-state index contributed by atoms with van der Waals surface area (Å²) in [5, 5.41) is 18.2. The van der Waals surface area contributed by atoms with Gasteiger partial charge in [0.1, 0.15) is 17.8 Å². The van der Waals surface area contributed by atoms with Crippen molar-refractivity contribution in [3.05, 3.63) is 45.9 Å². The Hall–Kier alpha value is -3.47. The molecule has 0 radical (unpaired) electrons. The van der Waals surface area contributed by atoms with E-state index in [1.165, 1.54) is 6.33 Å². The van der Waals surface area contributed by atoms with Gasteiger partial charge in [0.05, 0.1) is 19.1 Å². The van der Waals surface area contributed by atoms with Gasteiger partial charge in [-0.25, -0.2) is 9.97 Å². The summed E-state index contributed by atoms with van der Waals surface area (Å²) in [7, 11) is 3.09. The van der Waals surface area contributed by atoms with Crippen LogP contribution < -0.4 is 20.1 Å². The number of nitro groups is 1. The summed E-state index contributed by atoms with van der Waals surface area (Å²) in [5.41, 5.74) is 0.565. The van der Waals surface area contributed by atoms with E-state index in [1.54, 1.807) is 32.4 Å². The fraction of sp³-hybridized carbons (Fsp3) is 0.476. The maximum Gasteiger partial charge on any atom is 0.336 e. The van der Waals surface area contributed by atoms with E-state index in [0.717, 1.165) is 31.5 Å². The highest BCUT2D eigenvalue weighted by Crippen LogP contribution is 2.36. The van der Waals surface area contributed by atoms with Gasteiger partial charge in [0.2, 0.25) is 5.82 Å². The molecule has 172 valence electrons. The molecule has 2 N–H and O–H groups in total. The normalized spacial score (nSPS) is 14.9. The number of carbonyl (C=O) groups excluding carboxylic acids is 1. The lowest BCUT2D eigenvalue weighted by molar-refractivity contribution is -0.385. The quantitative estimate of drug-likeness (QED) is 0.301. The number of anilines is 1. The first-order chi connectivity index (χ1) is 15.5. The largest absolute Gasteiger partial charge is 0.497 e. The Kier molecular flexibility index (Phi) is 8.14. The molecule has 2 heterocycles. The van der Waals surface area contributed by atoms with Crippen molar-refractivity contribution < 1.29 is 23.9 Å². The van der Waals surface area contributed by atoms with Crippen molar-refractivity contribution in [3.63, 3.8) is 0 Å². The molecule has 0 saturated carbocycles. The van der Waals surface area contributed by atoms with Gasteiger partial charge in [-0.2, -0.15) is 0 Å². The molecule has 11 heteroatoms. The number of piperidine rings is 1. The van der Waals surface area contributed by atoms with Crippen molar-refractivity contribution in [2.24, 2.45) is 5.92 Å². The van der Waals surface area contributed by atoms with Crippen LogP contribution in [-0.2, 0) is 16.1 Å². The molecule has 1 atom stereocenters. The first kappa shape index (κ1) is 23.2. The highest BCUT2D eigenvalue weighted by atomic mass is 16.6. The van der Waals surface area contributed by atoms with E-state index in [4.69, 9.17) is 14.2 Å². The van der Waals surface area contributed by atoms with Crippen LogP contribution in [0, 0.1) is 16.0 Å². The Balaban J connectivity index is 1.86. The number of aromatic nitrogens is 2. The maximum atomic E-state index is 11.9. The summed E-state index contributed by atoms with van der Waals surface area (Å²) in [6.45, 7) is 2.27. The number of ether oxygens (including phenoxy) is 3. The van der Waals surface area contributed by atoms with Gasteiger partial charge in [-0.1, -0.05) is 0 Å². The van der Waals surface area contributed by atoms with Crippen molar-refractivity contribution in [3.8, 4) is 11.5 Å². The van der Waals surface area contributed by atoms with E-state index in [1.807, 2.05) is 0 Å². The van der Waals surface area contributed by atoms with Crippen LogP contribution in [0.2, 0.25) is 0 Å². The fourth-order valence-electron chi connectivity index (χ4n) is 3.81. The first-order valence-corrected chi connectivity index (χ1v) is 10.3. The molecular formula is C21H27N5O6. The molecule has 3 rings (SSSR count). The molecule has 0 aliphatic carbocycles. The second-order valence-electron chi connectivity index (χ2n) is 7.44. The van der Waals surface area contributed by atoms with E-state index < -0.39 is 11.0 Å². The monoisotopic (exact) mass is 445 g/mol. The predicted molar refractivity (Wildman–Crippen MR) is 116 cm³/mol. The number of nitrogens with one attached hydrogen (secondary N) is 2. The molecule has 1 saturated heterocycles. The van der Waals surface area contributed by atoms with Crippen LogP contribution >= 0.6 is 0 Å². The minimum atomic E-state index is -0.823. The minimum absolute atomic E-state index is 0.0478. The van der Waals surface area contributed by atoms with Gasteiger partial charge in [-0.15, -0.1) is 0 Å². The second kappa shape index (κ2) is 11.2. The molecule has 2 aromatic rings. The Labute approximate surface area is 185 Å². The van der Waals surface area contributed by atoms with E-state index in [0.29, 0.717) is 24.4 Å². The summed E-state index contributed by atoms with van der Waals surface area (Å²) in [6, 6.07) is 5.31. The molecule has 1 aromatic carbocycles. The summed E-state index contributed by atoms with van der Waals surface area (Å²) in [5.74, 6) is 1.52. The topological polar surface area (TPSA) is 138 Å². The third kappa shape index (κ3) is 5.82. The number of rotatable bonds is 11. The number of nitrogens with zero attached hydrogens (tertiary/aromatic N) is 3. The van der Waals surface area contributed by atoms with Crippen molar-refractivity contribution in [1.82, 2.24) is 15.3 Å². The molecule has 1 aliphatic heterocycles. The minimum Gasteiger partial charge on any atom is -0.497 e. The molecule has 0 bridgehead atoms. The molecule has 1 aliphatic rings. The Morgan fingerprint density at radius 1 is 1.22 bits per heavy atom. The van der Waals surface area contributed by atoms with E-state index in [-0.39, 0.29) is 29.7 Å². The van der Waals surface area contributed by atoms with Gasteiger partial charge in [-0.3, -0.25) is 14.9 Å². The fourth-order valence-corrected chi connectivity index (χ4v) is 3.81. The summed E-state index contributed by atoms with van der Waals surface area (Å²) in [6.07, 6.45) is 2.68. The zero-order valence-corrected chi connectivity index (χ0v) is 18.1. The lowest BCUT2D eigenvalue weighted by Crippen LogP contribution is -2.29. The van der Waals surface area contributed by atoms with Gasteiger partial charge in [0.25, 0.3) is 6.47 Å². The molecule has 0 amide bonds. The molecule has 1 unspecified atom stereocenters. The van der Waals surface area contributed by atoms with Crippen LogP contribution in [0.4, 0.5) is 11.5 Å². The zero-order chi connectivity index (χ0) is 22.9. The van der Waals surface area contributed by atoms with Crippen LogP contribution in [0.1, 0.15) is 36.6 Å². The van der Waals surface area contributed by atoms with Crippen molar-refractivity contribution in [1.29, 1.82) is 0 Å². The summed E-state index contributed by atoms with van der Waals surface area (Å²) >= 11 is 0. The Bertz CT molecular complexity index is 913. The Morgan fingerprint density at radius 3 is 2.50 bits per heavy atom. The van der Waals surface area contributed by atoms with Crippen molar-refractivity contribution >= 4 is 18.0 Å². The van der Waals surface area contributed by atoms with Gasteiger partial charge in [-0.05, 0) is 56.0 Å². The third-order valence-electron chi connectivity index (χ3n) is 5.44. The average molecular weight is 445 g/mol. The number of hydrogen-bond acceptors (Lipinski definition) is 10. The highest BCUT2D eigenvalue weighted by molar-refractivity contribution is 5.59. The smallest absolute Gasteiger partial charge is 0.336 e. The maximum absolute atomic E-state index is 11.9. The van der Waals surface area contributed by atoms with Gasteiger partial charge < -0.3 is 24.8 Å². The number of carbonyl (C=O) groups is 1. The molecule has 1 aromatic heterocycles. The molecule has 11 nitrogen and oxygen atoms in total. The van der Waals surface area contributed by atoms with Gasteiger partial charge in [0, 0.05) is 12.6 Å². The van der Waals surface area contributed by atoms with Crippen LogP contribution in [0.15, 0.2) is 24.5 Å². The first-order valence-electron chi connectivity index (χ1n) is 10.3.